The molecule has 0 aliphatic carbocycles. The van der Waals surface area contributed by atoms with Crippen LogP contribution in [0.1, 0.15) is 12.5 Å². The number of nitrogens with two attached hydrogens (primary N) is 1. The van der Waals surface area contributed by atoms with Crippen molar-refractivity contribution in [3.05, 3.63) is 48.1 Å². The van der Waals surface area contributed by atoms with E-state index in [0.717, 1.165) is 11.3 Å². The minimum atomic E-state index is 0.818. The number of para-hydroxylation sites is 1. The van der Waals surface area contributed by atoms with Crippen molar-refractivity contribution in [2.24, 2.45) is 0 Å². The van der Waals surface area contributed by atoms with Crippen LogP contribution in [0, 0.1) is 0 Å². The van der Waals surface area contributed by atoms with Crippen LogP contribution in [0.15, 0.2) is 42.5 Å². The van der Waals surface area contributed by atoms with Crippen LogP contribution in [0.3, 0.4) is 0 Å². The predicted octanol–water partition coefficient (Wildman–Crippen LogP) is 2.86. The summed E-state index contributed by atoms with van der Waals surface area (Å²) >= 11 is 0. The lowest BCUT2D eigenvalue weighted by Gasteiger charge is -1.96. The van der Waals surface area contributed by atoms with E-state index in [2.05, 4.69) is 0 Å². The highest BCUT2D eigenvalue weighted by atomic mass is 14.5. The molecule has 0 saturated heterocycles. The summed E-state index contributed by atoms with van der Waals surface area (Å²) in [6.45, 7) is 1.98. The molecule has 0 heterocycles. The third-order valence-electron chi connectivity index (χ3n) is 1.58. The fourth-order valence-corrected chi connectivity index (χ4v) is 0.933. The fourth-order valence-electron chi connectivity index (χ4n) is 0.933. The SMILES string of the molecule is CC=CC=Cc1ccccc1N. The lowest BCUT2D eigenvalue weighted by molar-refractivity contribution is 1.64. The molecular formula is C11H13N. The molecule has 1 heteroatoms. The molecule has 1 aromatic rings. The molecule has 0 aliphatic rings. The first-order valence-electron chi connectivity index (χ1n) is 3.98. The summed E-state index contributed by atoms with van der Waals surface area (Å²) in [7, 11) is 0. The zero-order valence-corrected chi connectivity index (χ0v) is 7.20. The lowest BCUT2D eigenvalue weighted by atomic mass is 10.1. The number of anilines is 1. The van der Waals surface area contributed by atoms with Crippen molar-refractivity contribution in [1.82, 2.24) is 0 Å². The Morgan fingerprint density at radius 2 is 1.92 bits per heavy atom. The smallest absolute Gasteiger partial charge is 0.0387 e. The second kappa shape index (κ2) is 4.39. The third kappa shape index (κ3) is 2.27. The van der Waals surface area contributed by atoms with E-state index in [9.17, 15) is 0 Å². The van der Waals surface area contributed by atoms with Crippen LogP contribution in [0.25, 0.3) is 6.08 Å². The van der Waals surface area contributed by atoms with Gasteiger partial charge in [0.2, 0.25) is 0 Å². The zero-order valence-electron chi connectivity index (χ0n) is 7.20. The van der Waals surface area contributed by atoms with Gasteiger partial charge in [-0.2, -0.15) is 0 Å². The van der Waals surface area contributed by atoms with Crippen molar-refractivity contribution in [1.29, 1.82) is 0 Å². The molecule has 0 aromatic heterocycles. The van der Waals surface area contributed by atoms with E-state index in [-0.39, 0.29) is 0 Å². The predicted molar refractivity (Wildman–Crippen MR) is 54.7 cm³/mol. The zero-order chi connectivity index (χ0) is 8.81. The number of allylic oxidation sites excluding steroid dienone is 3. The summed E-state index contributed by atoms with van der Waals surface area (Å²) in [6, 6.07) is 7.80. The molecule has 0 fully saturated rings. The maximum absolute atomic E-state index is 5.73. The van der Waals surface area contributed by atoms with E-state index < -0.39 is 0 Å². The molecule has 2 N–H and O–H groups in total. The summed E-state index contributed by atoms with van der Waals surface area (Å²) in [5, 5.41) is 0. The molecule has 0 saturated carbocycles. The van der Waals surface area contributed by atoms with Gasteiger partial charge in [-0.15, -0.1) is 0 Å². The summed E-state index contributed by atoms with van der Waals surface area (Å²) in [4.78, 5) is 0. The van der Waals surface area contributed by atoms with Gasteiger partial charge in [0.05, 0.1) is 0 Å². The second-order valence-corrected chi connectivity index (χ2v) is 2.51. The van der Waals surface area contributed by atoms with E-state index in [1.54, 1.807) is 0 Å². The maximum Gasteiger partial charge on any atom is 0.0387 e. The maximum atomic E-state index is 5.73. The quantitative estimate of drug-likeness (QED) is 0.521. The monoisotopic (exact) mass is 159 g/mol. The first-order valence-corrected chi connectivity index (χ1v) is 3.98. The van der Waals surface area contributed by atoms with Crippen molar-refractivity contribution in [2.75, 3.05) is 5.73 Å². The molecule has 0 radical (unpaired) electrons. The Bertz CT molecular complexity index is 298. The fraction of sp³-hybridized carbons (Fsp3) is 0.0909. The normalized spacial score (nSPS) is 11.4. The Kier molecular flexibility index (Phi) is 3.15. The number of hydrogen-bond donors (Lipinski definition) is 1. The van der Waals surface area contributed by atoms with Gasteiger partial charge in [0.15, 0.2) is 0 Å². The Morgan fingerprint density at radius 3 is 2.58 bits per heavy atom. The molecular weight excluding hydrogens is 146 g/mol. The number of rotatable bonds is 2. The topological polar surface area (TPSA) is 26.0 Å². The Hall–Kier alpha value is -1.50. The summed E-state index contributed by atoms with van der Waals surface area (Å²) in [6.07, 6.45) is 7.93. The van der Waals surface area contributed by atoms with E-state index in [0.29, 0.717) is 0 Å². The highest BCUT2D eigenvalue weighted by Crippen LogP contribution is 2.11. The van der Waals surface area contributed by atoms with Gasteiger partial charge in [-0.25, -0.2) is 0 Å². The number of hydrogen-bond acceptors (Lipinski definition) is 1. The molecule has 0 unspecified atom stereocenters. The average molecular weight is 159 g/mol. The highest BCUT2D eigenvalue weighted by Gasteiger charge is 1.89. The van der Waals surface area contributed by atoms with Crippen molar-refractivity contribution >= 4 is 11.8 Å². The first-order chi connectivity index (χ1) is 5.84. The van der Waals surface area contributed by atoms with Gasteiger partial charge >= 0.3 is 0 Å². The van der Waals surface area contributed by atoms with Gasteiger partial charge in [-0.05, 0) is 18.6 Å². The molecule has 0 aliphatic heterocycles. The van der Waals surface area contributed by atoms with Crippen molar-refractivity contribution in [2.45, 2.75) is 6.92 Å². The molecule has 1 nitrogen and oxygen atoms in total. The van der Waals surface area contributed by atoms with Gasteiger partial charge in [-0.1, -0.05) is 42.5 Å². The Morgan fingerprint density at radius 1 is 1.17 bits per heavy atom. The largest absolute Gasteiger partial charge is 0.398 e. The molecule has 1 aromatic carbocycles. The minimum Gasteiger partial charge on any atom is -0.398 e. The van der Waals surface area contributed by atoms with E-state index in [1.807, 2.05) is 55.5 Å². The molecule has 0 atom stereocenters. The van der Waals surface area contributed by atoms with Gasteiger partial charge in [0.1, 0.15) is 0 Å². The average Bonchev–Trinajstić information content (AvgIpc) is 2.09. The standard InChI is InChI=1S/C11H13N/c1-2-3-4-7-10-8-5-6-9-11(10)12/h2-9H,12H2,1H3. The van der Waals surface area contributed by atoms with Crippen LogP contribution >= 0.6 is 0 Å². The van der Waals surface area contributed by atoms with E-state index in [4.69, 9.17) is 5.73 Å². The lowest BCUT2D eigenvalue weighted by Crippen LogP contribution is -1.86. The van der Waals surface area contributed by atoms with Gasteiger partial charge in [-0.3, -0.25) is 0 Å². The summed E-state index contributed by atoms with van der Waals surface area (Å²) in [5.74, 6) is 0. The molecule has 1 rings (SSSR count). The third-order valence-corrected chi connectivity index (χ3v) is 1.58. The van der Waals surface area contributed by atoms with Crippen LogP contribution < -0.4 is 5.73 Å². The Labute approximate surface area is 73.2 Å². The van der Waals surface area contributed by atoms with E-state index >= 15 is 0 Å². The van der Waals surface area contributed by atoms with Crippen LogP contribution in [-0.4, -0.2) is 0 Å². The van der Waals surface area contributed by atoms with Crippen molar-refractivity contribution in [3.8, 4) is 0 Å². The highest BCUT2D eigenvalue weighted by molar-refractivity contribution is 5.64. The van der Waals surface area contributed by atoms with Crippen LogP contribution in [0.4, 0.5) is 5.69 Å². The molecule has 0 bridgehead atoms. The number of benzene rings is 1. The minimum absolute atomic E-state index is 0.818. The Balaban J connectivity index is 2.82. The van der Waals surface area contributed by atoms with Crippen LogP contribution in [0.5, 0.6) is 0 Å². The molecule has 12 heavy (non-hydrogen) atoms. The summed E-state index contributed by atoms with van der Waals surface area (Å²) in [5.41, 5.74) is 7.61. The van der Waals surface area contributed by atoms with Gasteiger partial charge in [0, 0.05) is 5.69 Å². The van der Waals surface area contributed by atoms with Crippen molar-refractivity contribution in [3.63, 3.8) is 0 Å². The van der Waals surface area contributed by atoms with E-state index in [1.165, 1.54) is 0 Å². The first kappa shape index (κ1) is 8.60. The summed E-state index contributed by atoms with van der Waals surface area (Å²) < 4.78 is 0. The van der Waals surface area contributed by atoms with Crippen molar-refractivity contribution < 1.29 is 0 Å². The van der Waals surface area contributed by atoms with Gasteiger partial charge < -0.3 is 5.73 Å². The van der Waals surface area contributed by atoms with Crippen LogP contribution in [-0.2, 0) is 0 Å². The molecule has 0 spiro atoms. The molecule has 0 amide bonds. The molecule has 62 valence electrons. The number of nitrogen functional groups attached to an aromatic ring is 1. The second-order valence-electron chi connectivity index (χ2n) is 2.51. The van der Waals surface area contributed by atoms with Gasteiger partial charge in [0.25, 0.3) is 0 Å². The van der Waals surface area contributed by atoms with Crippen LogP contribution in [0.2, 0.25) is 0 Å².